The lowest BCUT2D eigenvalue weighted by Crippen LogP contribution is -2.41. The van der Waals surface area contributed by atoms with Crippen molar-refractivity contribution in [2.75, 3.05) is 32.8 Å². The molecule has 0 aromatic carbocycles. The zero-order chi connectivity index (χ0) is 13.5. The van der Waals surface area contributed by atoms with Crippen LogP contribution in [-0.2, 0) is 9.53 Å². The van der Waals surface area contributed by atoms with Gasteiger partial charge in [-0.1, -0.05) is 27.7 Å². The third kappa shape index (κ3) is 6.64. The molecule has 0 saturated carbocycles. The molecule has 0 aromatic rings. The summed E-state index contributed by atoms with van der Waals surface area (Å²) in [5.74, 6) is -0.194. The molecule has 1 unspecified atom stereocenters. The van der Waals surface area contributed by atoms with Gasteiger partial charge in [0.05, 0.1) is 12.5 Å². The summed E-state index contributed by atoms with van der Waals surface area (Å²) < 4.78 is 5.02. The molecule has 102 valence electrons. The van der Waals surface area contributed by atoms with Crippen LogP contribution in [0.25, 0.3) is 0 Å². The molecule has 0 bridgehead atoms. The fourth-order valence-corrected chi connectivity index (χ4v) is 1.72. The van der Waals surface area contributed by atoms with Crippen molar-refractivity contribution in [1.29, 1.82) is 0 Å². The Bertz CT molecular complexity index is 229. The van der Waals surface area contributed by atoms with E-state index in [9.17, 15) is 4.79 Å². The Hall–Kier alpha value is -0.610. The molecule has 0 aliphatic rings. The van der Waals surface area contributed by atoms with Gasteiger partial charge in [-0.05, 0) is 25.4 Å². The van der Waals surface area contributed by atoms with E-state index in [4.69, 9.17) is 10.5 Å². The number of nitrogens with two attached hydrogens (primary N) is 1. The van der Waals surface area contributed by atoms with Crippen molar-refractivity contribution >= 4 is 5.97 Å². The van der Waals surface area contributed by atoms with Crippen LogP contribution in [0.2, 0.25) is 0 Å². The Morgan fingerprint density at radius 2 is 2.00 bits per heavy atom. The van der Waals surface area contributed by atoms with E-state index in [2.05, 4.69) is 25.7 Å². The molecule has 0 rings (SSSR count). The number of hydrogen-bond acceptors (Lipinski definition) is 4. The molecule has 1 atom stereocenters. The number of ether oxygens (including phenoxy) is 1. The maximum Gasteiger partial charge on any atom is 0.309 e. The monoisotopic (exact) mass is 244 g/mol. The fourth-order valence-electron chi connectivity index (χ4n) is 1.72. The first kappa shape index (κ1) is 16.4. The van der Waals surface area contributed by atoms with Crippen molar-refractivity contribution < 1.29 is 9.53 Å². The predicted octanol–water partition coefficient (Wildman–Crippen LogP) is 1.49. The summed E-state index contributed by atoms with van der Waals surface area (Å²) in [5, 5.41) is 0. The smallest absolute Gasteiger partial charge is 0.309 e. The second-order valence-electron chi connectivity index (χ2n) is 5.35. The topological polar surface area (TPSA) is 55.6 Å². The van der Waals surface area contributed by atoms with Gasteiger partial charge in [0, 0.05) is 13.1 Å². The van der Waals surface area contributed by atoms with Gasteiger partial charge in [-0.15, -0.1) is 0 Å². The first-order valence-electron chi connectivity index (χ1n) is 6.45. The van der Waals surface area contributed by atoms with E-state index >= 15 is 0 Å². The van der Waals surface area contributed by atoms with Crippen molar-refractivity contribution in [2.45, 2.75) is 34.6 Å². The molecule has 0 aromatic heterocycles. The van der Waals surface area contributed by atoms with E-state index in [1.165, 1.54) is 0 Å². The van der Waals surface area contributed by atoms with Gasteiger partial charge in [-0.25, -0.2) is 0 Å². The van der Waals surface area contributed by atoms with Crippen molar-refractivity contribution in [1.82, 2.24) is 4.90 Å². The number of carbonyl (C=O) groups is 1. The quantitative estimate of drug-likeness (QED) is 0.657. The summed E-state index contributed by atoms with van der Waals surface area (Å²) in [7, 11) is 0. The average Bonchev–Trinajstić information content (AvgIpc) is 2.28. The number of nitrogens with zero attached hydrogens (tertiary/aromatic N) is 1. The van der Waals surface area contributed by atoms with E-state index in [1.54, 1.807) is 0 Å². The van der Waals surface area contributed by atoms with Gasteiger partial charge >= 0.3 is 5.97 Å². The van der Waals surface area contributed by atoms with Crippen LogP contribution in [0.3, 0.4) is 0 Å². The van der Waals surface area contributed by atoms with Crippen molar-refractivity contribution in [3.8, 4) is 0 Å². The Kier molecular flexibility index (Phi) is 7.39. The summed E-state index contributed by atoms with van der Waals surface area (Å²) in [4.78, 5) is 13.8. The van der Waals surface area contributed by atoms with Crippen LogP contribution in [0, 0.1) is 11.3 Å². The van der Waals surface area contributed by atoms with Crippen LogP contribution in [0.15, 0.2) is 0 Å². The van der Waals surface area contributed by atoms with E-state index in [0.29, 0.717) is 13.2 Å². The molecule has 17 heavy (non-hydrogen) atoms. The highest BCUT2D eigenvalue weighted by atomic mass is 16.5. The minimum atomic E-state index is -0.114. The molecule has 0 aliphatic heterocycles. The highest BCUT2D eigenvalue weighted by Gasteiger charge is 2.23. The van der Waals surface area contributed by atoms with Crippen LogP contribution < -0.4 is 5.73 Å². The highest BCUT2D eigenvalue weighted by Crippen LogP contribution is 2.16. The molecule has 0 radical (unpaired) electrons. The first-order valence-corrected chi connectivity index (χ1v) is 6.45. The maximum absolute atomic E-state index is 11.6. The zero-order valence-corrected chi connectivity index (χ0v) is 12.0. The normalized spacial score (nSPS) is 13.8. The van der Waals surface area contributed by atoms with Crippen LogP contribution in [-0.4, -0.2) is 43.7 Å². The Morgan fingerprint density at radius 1 is 1.41 bits per heavy atom. The molecular formula is C13H28N2O2. The SMILES string of the molecule is CCOC(=O)C(C)CN(CC)CC(C)(C)CN. The molecule has 0 aliphatic carbocycles. The van der Waals surface area contributed by atoms with Crippen LogP contribution in [0.5, 0.6) is 0 Å². The lowest BCUT2D eigenvalue weighted by Gasteiger charge is -2.32. The molecule has 0 saturated heterocycles. The molecule has 4 heteroatoms. The summed E-state index contributed by atoms with van der Waals surface area (Å²) >= 11 is 0. The van der Waals surface area contributed by atoms with Gasteiger partial charge in [0.25, 0.3) is 0 Å². The largest absolute Gasteiger partial charge is 0.466 e. The van der Waals surface area contributed by atoms with Gasteiger partial charge in [-0.3, -0.25) is 4.79 Å². The van der Waals surface area contributed by atoms with Crippen molar-refractivity contribution in [2.24, 2.45) is 17.1 Å². The zero-order valence-electron chi connectivity index (χ0n) is 12.0. The number of carbonyl (C=O) groups excluding carboxylic acids is 1. The lowest BCUT2D eigenvalue weighted by molar-refractivity contribution is -0.148. The second-order valence-corrected chi connectivity index (χ2v) is 5.35. The van der Waals surface area contributed by atoms with Crippen LogP contribution in [0.1, 0.15) is 34.6 Å². The Morgan fingerprint density at radius 3 is 2.41 bits per heavy atom. The predicted molar refractivity (Wildman–Crippen MR) is 70.7 cm³/mol. The van der Waals surface area contributed by atoms with Crippen molar-refractivity contribution in [3.63, 3.8) is 0 Å². The van der Waals surface area contributed by atoms with Gasteiger partial charge in [0.15, 0.2) is 0 Å². The van der Waals surface area contributed by atoms with Gasteiger partial charge in [0.1, 0.15) is 0 Å². The van der Waals surface area contributed by atoms with Crippen LogP contribution >= 0.6 is 0 Å². The molecule has 4 nitrogen and oxygen atoms in total. The molecule has 0 spiro atoms. The van der Waals surface area contributed by atoms with E-state index in [1.807, 2.05) is 13.8 Å². The minimum Gasteiger partial charge on any atom is -0.466 e. The number of rotatable bonds is 8. The van der Waals surface area contributed by atoms with Gasteiger partial charge in [0.2, 0.25) is 0 Å². The highest BCUT2D eigenvalue weighted by molar-refractivity contribution is 5.72. The molecule has 0 heterocycles. The summed E-state index contributed by atoms with van der Waals surface area (Å²) in [6.07, 6.45) is 0. The molecule has 0 fully saturated rings. The third-order valence-corrected chi connectivity index (χ3v) is 2.87. The van der Waals surface area contributed by atoms with Crippen LogP contribution in [0.4, 0.5) is 0 Å². The van der Waals surface area contributed by atoms with E-state index < -0.39 is 0 Å². The summed E-state index contributed by atoms with van der Waals surface area (Å²) in [5.41, 5.74) is 5.82. The summed E-state index contributed by atoms with van der Waals surface area (Å²) in [6, 6.07) is 0. The maximum atomic E-state index is 11.6. The van der Waals surface area contributed by atoms with Gasteiger partial charge < -0.3 is 15.4 Å². The number of esters is 1. The molecule has 0 amide bonds. The Balaban J connectivity index is 4.26. The van der Waals surface area contributed by atoms with E-state index in [0.717, 1.165) is 19.6 Å². The standard InChI is InChI=1S/C13H28N2O2/c1-6-15(10-13(4,5)9-14)8-11(3)12(16)17-7-2/h11H,6-10,14H2,1-5H3. The van der Waals surface area contributed by atoms with E-state index in [-0.39, 0.29) is 17.3 Å². The second kappa shape index (κ2) is 7.67. The molecule has 2 N–H and O–H groups in total. The average molecular weight is 244 g/mol. The Labute approximate surface area is 105 Å². The minimum absolute atomic E-state index is 0.0801. The third-order valence-electron chi connectivity index (χ3n) is 2.87. The molecular weight excluding hydrogens is 216 g/mol. The fraction of sp³-hybridized carbons (Fsp3) is 0.923. The van der Waals surface area contributed by atoms with Crippen molar-refractivity contribution in [3.05, 3.63) is 0 Å². The summed E-state index contributed by atoms with van der Waals surface area (Å²) in [6.45, 7) is 13.8. The first-order chi connectivity index (χ1) is 7.86. The number of hydrogen-bond donors (Lipinski definition) is 1. The lowest BCUT2D eigenvalue weighted by atomic mass is 9.92. The van der Waals surface area contributed by atoms with Gasteiger partial charge in [-0.2, -0.15) is 0 Å².